The number of hydrogen-bond donors (Lipinski definition) is 0. The van der Waals surface area contributed by atoms with Crippen LogP contribution in [0.1, 0.15) is 41.8 Å². The van der Waals surface area contributed by atoms with Gasteiger partial charge in [-0.05, 0) is 24.2 Å². The largest absolute Gasteiger partial charge is 0.496 e. The Balaban J connectivity index is 2.49. The zero-order valence-electron chi connectivity index (χ0n) is 13.6. The summed E-state index contributed by atoms with van der Waals surface area (Å²) in [5.74, 6) is 0.961. The summed E-state index contributed by atoms with van der Waals surface area (Å²) >= 11 is 0. The van der Waals surface area contributed by atoms with Crippen molar-refractivity contribution in [3.63, 3.8) is 0 Å². The molecule has 2 nitrogen and oxygen atoms in total. The van der Waals surface area contributed by atoms with Crippen LogP contribution in [0.4, 0.5) is 0 Å². The van der Waals surface area contributed by atoms with Crippen molar-refractivity contribution in [2.75, 3.05) is 7.11 Å². The second-order valence-electron chi connectivity index (χ2n) is 5.67. The average Bonchev–Trinajstić information content (AvgIpc) is 2.55. The molecular weight excluding hydrogens is 291 g/mol. The summed E-state index contributed by atoms with van der Waals surface area (Å²) in [5.41, 5.74) is 3.15. The normalized spacial score (nSPS) is 14.0. The minimum absolute atomic E-state index is 0.0452. The van der Waals surface area contributed by atoms with Gasteiger partial charge in [-0.1, -0.05) is 64.9 Å². The lowest BCUT2D eigenvalue weighted by Crippen LogP contribution is -2.21. The van der Waals surface area contributed by atoms with Crippen LogP contribution in [-0.4, -0.2) is 13.4 Å². The smallest absolute Gasteiger partial charge is 0.150 e. The highest BCUT2D eigenvalue weighted by atomic mass is 31.1. The first kappa shape index (κ1) is 16.7. The highest BCUT2D eigenvalue weighted by Gasteiger charge is 2.29. The van der Waals surface area contributed by atoms with Gasteiger partial charge in [-0.15, -0.1) is 0 Å². The molecule has 2 rings (SSSR count). The maximum absolute atomic E-state index is 11.3. The number of aldehydes is 1. The zero-order chi connectivity index (χ0) is 16.2. The summed E-state index contributed by atoms with van der Waals surface area (Å²) in [7, 11) is 2.24. The van der Waals surface area contributed by atoms with E-state index in [0.717, 1.165) is 34.9 Å². The highest BCUT2D eigenvalue weighted by molar-refractivity contribution is 7.48. The van der Waals surface area contributed by atoms with E-state index in [4.69, 9.17) is 4.74 Å². The van der Waals surface area contributed by atoms with Crippen LogP contribution in [0.25, 0.3) is 0 Å². The molecule has 0 saturated carbocycles. The first-order valence-corrected chi connectivity index (χ1v) is 8.52. The highest BCUT2D eigenvalue weighted by Crippen LogP contribution is 2.48. The van der Waals surface area contributed by atoms with Gasteiger partial charge in [0.15, 0.2) is 6.29 Å². The van der Waals surface area contributed by atoms with Crippen LogP contribution in [-0.2, 0) is 5.16 Å². The molecule has 0 N–H and O–H groups in total. The van der Waals surface area contributed by atoms with E-state index in [1.54, 1.807) is 7.11 Å². The minimum atomic E-state index is -0.0452. The summed E-state index contributed by atoms with van der Waals surface area (Å²) in [6.45, 7) is 6.52. The zero-order valence-corrected chi connectivity index (χ0v) is 14.6. The van der Waals surface area contributed by atoms with E-state index < -0.39 is 0 Å². The second kappa shape index (κ2) is 7.07. The maximum Gasteiger partial charge on any atom is 0.150 e. The molecular formula is C19H23O2P. The summed E-state index contributed by atoms with van der Waals surface area (Å²) < 4.78 is 5.65. The Hall–Kier alpha value is -1.66. The molecule has 2 aromatic rings. The fourth-order valence-corrected chi connectivity index (χ4v) is 4.28. The van der Waals surface area contributed by atoms with E-state index in [1.807, 2.05) is 18.2 Å². The molecule has 0 radical (unpaired) electrons. The Morgan fingerprint density at radius 1 is 1.18 bits per heavy atom. The summed E-state index contributed by atoms with van der Waals surface area (Å²) in [6, 6.07) is 14.1. The summed E-state index contributed by atoms with van der Waals surface area (Å²) in [5, 5.41) is 1.07. The third-order valence-corrected chi connectivity index (χ3v) is 6.12. The van der Waals surface area contributed by atoms with Gasteiger partial charge in [-0.3, -0.25) is 4.79 Å². The predicted molar refractivity (Wildman–Crippen MR) is 95.2 cm³/mol. The molecule has 0 spiro atoms. The predicted octanol–water partition coefficient (Wildman–Crippen LogP) is 4.45. The monoisotopic (exact) mass is 314 g/mol. The number of para-hydroxylation sites is 1. The Morgan fingerprint density at radius 2 is 1.91 bits per heavy atom. The van der Waals surface area contributed by atoms with Gasteiger partial charge in [-0.2, -0.15) is 0 Å². The summed E-state index contributed by atoms with van der Waals surface area (Å²) in [4.78, 5) is 11.3. The average molecular weight is 314 g/mol. The third kappa shape index (κ3) is 3.23. The SMILES string of the molecule is CCC(C)(Pc1ccccc1C=O)c1cccc(C)c1OC. The molecule has 3 heteroatoms. The van der Waals surface area contributed by atoms with Gasteiger partial charge >= 0.3 is 0 Å². The molecule has 0 saturated heterocycles. The molecule has 2 aromatic carbocycles. The van der Waals surface area contributed by atoms with Crippen molar-refractivity contribution in [3.05, 3.63) is 59.2 Å². The third-order valence-electron chi connectivity index (χ3n) is 4.22. The Labute approximate surface area is 134 Å². The minimum Gasteiger partial charge on any atom is -0.496 e. The Kier molecular flexibility index (Phi) is 5.37. The van der Waals surface area contributed by atoms with Crippen molar-refractivity contribution in [1.82, 2.24) is 0 Å². The van der Waals surface area contributed by atoms with E-state index in [9.17, 15) is 4.79 Å². The van der Waals surface area contributed by atoms with Gasteiger partial charge < -0.3 is 4.74 Å². The van der Waals surface area contributed by atoms with Gasteiger partial charge in [0.1, 0.15) is 5.75 Å². The summed E-state index contributed by atoms with van der Waals surface area (Å²) in [6.07, 6.45) is 1.93. The fourth-order valence-electron chi connectivity index (χ4n) is 2.71. The molecule has 0 aliphatic carbocycles. The lowest BCUT2D eigenvalue weighted by atomic mass is 9.94. The van der Waals surface area contributed by atoms with Gasteiger partial charge in [0.05, 0.1) is 7.11 Å². The van der Waals surface area contributed by atoms with Gasteiger partial charge in [0.2, 0.25) is 0 Å². The lowest BCUT2D eigenvalue weighted by molar-refractivity contribution is 0.112. The van der Waals surface area contributed by atoms with Crippen LogP contribution >= 0.6 is 8.58 Å². The maximum atomic E-state index is 11.3. The van der Waals surface area contributed by atoms with Crippen molar-refractivity contribution in [1.29, 1.82) is 0 Å². The topological polar surface area (TPSA) is 26.3 Å². The van der Waals surface area contributed by atoms with E-state index >= 15 is 0 Å². The Bertz CT molecular complexity index is 666. The van der Waals surface area contributed by atoms with Gasteiger partial charge in [0, 0.05) is 16.3 Å². The van der Waals surface area contributed by atoms with Crippen molar-refractivity contribution in [2.45, 2.75) is 32.3 Å². The van der Waals surface area contributed by atoms with E-state index in [1.165, 1.54) is 5.56 Å². The fraction of sp³-hybridized carbons (Fsp3) is 0.316. The van der Waals surface area contributed by atoms with E-state index in [-0.39, 0.29) is 5.16 Å². The van der Waals surface area contributed by atoms with Crippen molar-refractivity contribution >= 4 is 20.2 Å². The number of carbonyl (C=O) groups excluding carboxylic acids is 1. The number of benzene rings is 2. The quantitative estimate of drug-likeness (QED) is 0.582. The van der Waals surface area contributed by atoms with E-state index in [2.05, 4.69) is 45.0 Å². The number of ether oxygens (including phenoxy) is 1. The molecule has 0 fully saturated rings. The van der Waals surface area contributed by atoms with Crippen molar-refractivity contribution < 1.29 is 9.53 Å². The van der Waals surface area contributed by atoms with Crippen LogP contribution in [0, 0.1) is 6.92 Å². The van der Waals surface area contributed by atoms with Gasteiger partial charge in [0.25, 0.3) is 0 Å². The first-order valence-electron chi connectivity index (χ1n) is 7.52. The lowest BCUT2D eigenvalue weighted by Gasteiger charge is -2.31. The van der Waals surface area contributed by atoms with Gasteiger partial charge in [-0.25, -0.2) is 0 Å². The number of aryl methyl sites for hydroxylation is 1. The number of hydrogen-bond acceptors (Lipinski definition) is 2. The first-order chi connectivity index (χ1) is 10.6. The number of methoxy groups -OCH3 is 1. The van der Waals surface area contributed by atoms with Crippen LogP contribution in [0.5, 0.6) is 5.75 Å². The number of rotatable bonds is 6. The molecule has 22 heavy (non-hydrogen) atoms. The Morgan fingerprint density at radius 3 is 2.55 bits per heavy atom. The van der Waals surface area contributed by atoms with Crippen LogP contribution in [0.2, 0.25) is 0 Å². The molecule has 116 valence electrons. The van der Waals surface area contributed by atoms with Crippen molar-refractivity contribution in [2.24, 2.45) is 0 Å². The van der Waals surface area contributed by atoms with Crippen LogP contribution in [0.3, 0.4) is 0 Å². The van der Waals surface area contributed by atoms with Crippen molar-refractivity contribution in [3.8, 4) is 5.75 Å². The molecule has 0 bridgehead atoms. The second-order valence-corrected chi connectivity index (χ2v) is 7.56. The van der Waals surface area contributed by atoms with Crippen LogP contribution in [0.15, 0.2) is 42.5 Å². The molecule has 0 heterocycles. The van der Waals surface area contributed by atoms with Crippen LogP contribution < -0.4 is 10.0 Å². The molecule has 2 unspecified atom stereocenters. The molecule has 0 aliphatic rings. The molecule has 0 aromatic heterocycles. The standard InChI is InChI=1S/C19H23O2P/c1-5-19(3,16-11-8-9-14(2)18(16)21-4)22-17-12-7-6-10-15(17)13-20/h6-13,22H,5H2,1-4H3. The molecule has 0 aliphatic heterocycles. The number of carbonyl (C=O) groups is 1. The molecule has 2 atom stereocenters. The van der Waals surface area contributed by atoms with E-state index in [0.29, 0.717) is 8.58 Å². The molecule has 0 amide bonds.